The van der Waals surface area contributed by atoms with Gasteiger partial charge >= 0.3 is 57.7 Å². The van der Waals surface area contributed by atoms with Crippen LogP contribution in [0.1, 0.15) is 26.7 Å². The predicted molar refractivity (Wildman–Crippen MR) is 38.4 cm³/mol. The van der Waals surface area contributed by atoms with E-state index >= 15 is 0 Å². The first-order valence-corrected chi connectivity index (χ1v) is 5.71. The molecule has 1 rings (SSSR count). The molecule has 0 saturated carbocycles. The molecule has 0 atom stereocenters. The van der Waals surface area contributed by atoms with Crippen molar-refractivity contribution in [1.29, 1.82) is 0 Å². The molecule has 0 amide bonds. The first-order valence-electron chi connectivity index (χ1n) is 3.28. The van der Waals surface area contributed by atoms with E-state index in [1.54, 1.807) is 0 Å². The summed E-state index contributed by atoms with van der Waals surface area (Å²) in [5.74, 6) is 0. The zero-order valence-corrected chi connectivity index (χ0v) is 7.45. The van der Waals surface area contributed by atoms with Crippen LogP contribution in [0.3, 0.4) is 0 Å². The van der Waals surface area contributed by atoms with Gasteiger partial charge < -0.3 is 0 Å². The van der Waals surface area contributed by atoms with Crippen LogP contribution in [-0.2, 0) is 0 Å². The molecule has 0 bridgehead atoms. The molecule has 0 N–H and O–H groups in total. The van der Waals surface area contributed by atoms with Gasteiger partial charge in [-0.2, -0.15) is 0 Å². The van der Waals surface area contributed by atoms with Crippen molar-refractivity contribution in [2.75, 3.05) is 0 Å². The van der Waals surface area contributed by atoms with E-state index in [1.807, 2.05) is 0 Å². The van der Waals surface area contributed by atoms with Gasteiger partial charge in [-0.3, -0.25) is 0 Å². The molecule has 1 aliphatic heterocycles. The number of rotatable bonds is 0. The van der Waals surface area contributed by atoms with Crippen molar-refractivity contribution in [3.05, 3.63) is 0 Å². The second kappa shape index (κ2) is 2.41. The fraction of sp³-hybridized carbons (Fsp3) is 1.00. The van der Waals surface area contributed by atoms with Crippen molar-refractivity contribution in [2.45, 2.75) is 37.3 Å². The van der Waals surface area contributed by atoms with Crippen LogP contribution in [-0.4, -0.2) is 15.0 Å². The maximum absolute atomic E-state index is 2.39. The third-order valence-electron chi connectivity index (χ3n) is 1.85. The Morgan fingerprint density at radius 3 is 1.88 bits per heavy atom. The van der Waals surface area contributed by atoms with E-state index in [4.69, 9.17) is 0 Å². The first-order chi connectivity index (χ1) is 3.71. The van der Waals surface area contributed by atoms with Crippen LogP contribution in [0.15, 0.2) is 0 Å². The molecule has 48 valence electrons. The summed E-state index contributed by atoms with van der Waals surface area (Å²) in [6, 6.07) is 0. The fourth-order valence-corrected chi connectivity index (χ4v) is 4.28. The quantitative estimate of drug-likeness (QED) is 0.498. The van der Waals surface area contributed by atoms with Gasteiger partial charge in [0, 0.05) is 0 Å². The summed E-state index contributed by atoms with van der Waals surface area (Å²) in [4.78, 5) is 0. The molecule has 1 heterocycles. The zero-order chi connectivity index (χ0) is 6.04. The van der Waals surface area contributed by atoms with Gasteiger partial charge in [0.25, 0.3) is 0 Å². The Hall–Kier alpha value is 0.519. The van der Waals surface area contributed by atoms with Crippen LogP contribution >= 0.6 is 0 Å². The molecule has 0 aromatic carbocycles. The Kier molecular flexibility index (Phi) is 2.00. The van der Waals surface area contributed by atoms with Gasteiger partial charge in [0.2, 0.25) is 0 Å². The van der Waals surface area contributed by atoms with E-state index in [2.05, 4.69) is 13.8 Å². The summed E-state index contributed by atoms with van der Waals surface area (Å²) in [7, 11) is 0. The SMILES string of the molecule is CC1(C)CC[Se]CC1. The molecule has 0 aliphatic carbocycles. The molecule has 1 aliphatic rings. The minimum absolute atomic E-state index is 0.694. The van der Waals surface area contributed by atoms with Crippen molar-refractivity contribution >= 4 is 15.0 Å². The summed E-state index contributed by atoms with van der Waals surface area (Å²) in [6.45, 7) is 4.78. The van der Waals surface area contributed by atoms with Gasteiger partial charge in [0.1, 0.15) is 0 Å². The molecule has 0 radical (unpaired) electrons. The molecule has 0 spiro atoms. The van der Waals surface area contributed by atoms with E-state index < -0.39 is 0 Å². The molecular weight excluding hydrogens is 163 g/mol. The predicted octanol–water partition coefficient (Wildman–Crippen LogP) is 2.35. The molecule has 1 heteroatoms. The number of hydrogen-bond donors (Lipinski definition) is 0. The second-order valence-corrected chi connectivity index (χ2v) is 5.85. The molecule has 8 heavy (non-hydrogen) atoms. The normalized spacial score (nSPS) is 27.8. The molecule has 0 aromatic heterocycles. The van der Waals surface area contributed by atoms with Crippen molar-refractivity contribution < 1.29 is 0 Å². The molecular formula is C7H14Se. The number of hydrogen-bond acceptors (Lipinski definition) is 0. The standard InChI is InChI=1S/C7H14Se/c1-7(2)3-5-8-6-4-7/h3-6H2,1-2H3. The van der Waals surface area contributed by atoms with Crippen LogP contribution in [0.25, 0.3) is 0 Å². The van der Waals surface area contributed by atoms with Crippen LogP contribution in [0.2, 0.25) is 10.6 Å². The summed E-state index contributed by atoms with van der Waals surface area (Å²) in [5.41, 5.74) is 0.694. The van der Waals surface area contributed by atoms with Crippen molar-refractivity contribution in [2.24, 2.45) is 5.41 Å². The summed E-state index contributed by atoms with van der Waals surface area (Å²) in [6.07, 6.45) is 2.96. The van der Waals surface area contributed by atoms with Gasteiger partial charge in [-0.1, -0.05) is 0 Å². The molecule has 0 aromatic rings. The summed E-state index contributed by atoms with van der Waals surface area (Å²) < 4.78 is 0. The van der Waals surface area contributed by atoms with Crippen LogP contribution in [0.5, 0.6) is 0 Å². The minimum atomic E-state index is 0.694. The van der Waals surface area contributed by atoms with Crippen LogP contribution < -0.4 is 0 Å². The van der Waals surface area contributed by atoms with E-state index in [-0.39, 0.29) is 0 Å². The Morgan fingerprint density at radius 1 is 1.12 bits per heavy atom. The molecule has 1 fully saturated rings. The van der Waals surface area contributed by atoms with E-state index in [1.165, 1.54) is 23.5 Å². The Balaban J connectivity index is 2.33. The van der Waals surface area contributed by atoms with Gasteiger partial charge in [-0.15, -0.1) is 0 Å². The van der Waals surface area contributed by atoms with Gasteiger partial charge in [0.15, 0.2) is 0 Å². The average Bonchev–Trinajstić information content (AvgIpc) is 1.65. The monoisotopic (exact) mass is 178 g/mol. The van der Waals surface area contributed by atoms with Crippen LogP contribution in [0.4, 0.5) is 0 Å². The third kappa shape index (κ3) is 1.79. The first kappa shape index (κ1) is 6.64. The Morgan fingerprint density at radius 2 is 1.62 bits per heavy atom. The Bertz CT molecular complexity index is 68.5. The molecule has 0 unspecified atom stereocenters. The Labute approximate surface area is 58.2 Å². The third-order valence-corrected chi connectivity index (χ3v) is 3.91. The fourth-order valence-electron chi connectivity index (χ4n) is 0.924. The van der Waals surface area contributed by atoms with Crippen molar-refractivity contribution in [1.82, 2.24) is 0 Å². The van der Waals surface area contributed by atoms with E-state index in [9.17, 15) is 0 Å². The maximum atomic E-state index is 2.39. The summed E-state index contributed by atoms with van der Waals surface area (Å²) in [5, 5.41) is 3.06. The van der Waals surface area contributed by atoms with Crippen molar-refractivity contribution in [3.8, 4) is 0 Å². The zero-order valence-electron chi connectivity index (χ0n) is 5.74. The van der Waals surface area contributed by atoms with Gasteiger partial charge in [-0.05, 0) is 0 Å². The average molecular weight is 177 g/mol. The molecule has 1 saturated heterocycles. The second-order valence-electron chi connectivity index (χ2n) is 3.28. The molecule has 0 nitrogen and oxygen atoms in total. The van der Waals surface area contributed by atoms with E-state index in [0.717, 1.165) is 15.0 Å². The topological polar surface area (TPSA) is 0 Å². The summed E-state index contributed by atoms with van der Waals surface area (Å²) >= 11 is 1.01. The van der Waals surface area contributed by atoms with Gasteiger partial charge in [0.05, 0.1) is 0 Å². The van der Waals surface area contributed by atoms with Gasteiger partial charge in [-0.25, -0.2) is 0 Å². The van der Waals surface area contributed by atoms with Crippen LogP contribution in [0, 0.1) is 5.41 Å². The van der Waals surface area contributed by atoms with Crippen molar-refractivity contribution in [3.63, 3.8) is 0 Å². The van der Waals surface area contributed by atoms with E-state index in [0.29, 0.717) is 5.41 Å².